The number of hydrogen-bond acceptors (Lipinski definition) is 8. The van der Waals surface area contributed by atoms with Crippen LogP contribution in [0.5, 0.6) is 5.75 Å². The van der Waals surface area contributed by atoms with E-state index in [4.69, 9.17) is 4.74 Å². The van der Waals surface area contributed by atoms with Gasteiger partial charge in [0.15, 0.2) is 0 Å². The predicted octanol–water partition coefficient (Wildman–Crippen LogP) is 1.82. The number of anilines is 1. The van der Waals surface area contributed by atoms with Gasteiger partial charge in [0, 0.05) is 38.8 Å². The summed E-state index contributed by atoms with van der Waals surface area (Å²) in [5.41, 5.74) is 0.798. The summed E-state index contributed by atoms with van der Waals surface area (Å²) >= 11 is 0. The number of rotatable bonds is 8. The van der Waals surface area contributed by atoms with Crippen molar-refractivity contribution in [2.45, 2.75) is 38.9 Å². The lowest BCUT2D eigenvalue weighted by Crippen LogP contribution is -2.50. The number of non-ortho nitro benzene ring substituents is 1. The number of ether oxygens (including phenoxy) is 1. The highest BCUT2D eigenvalue weighted by atomic mass is 16.6. The standard InChI is InChI=1S/C24H32N4O6/c1-16(2)34-22-13-17(28(32)33)7-8-21(22)26-11-9-25(10-12-26)14-18(29)15-27-23(30)19-5-3-4-6-20(19)24(27)31/h3-4,7-8,13,16,18-20,29H,5-6,9-12,14-15H2,1-2H3. The molecule has 2 heterocycles. The van der Waals surface area contributed by atoms with Crippen LogP contribution in [-0.4, -0.2) is 83.1 Å². The number of allylic oxidation sites excluding steroid dienone is 2. The van der Waals surface area contributed by atoms with Crippen molar-refractivity contribution in [1.82, 2.24) is 9.80 Å². The van der Waals surface area contributed by atoms with Gasteiger partial charge in [-0.3, -0.25) is 29.5 Å². The van der Waals surface area contributed by atoms with E-state index in [9.17, 15) is 24.8 Å². The molecule has 1 N–H and O–H groups in total. The number of carbonyl (C=O) groups is 2. The van der Waals surface area contributed by atoms with Crippen molar-refractivity contribution < 1.29 is 24.4 Å². The van der Waals surface area contributed by atoms with Crippen LogP contribution in [0.2, 0.25) is 0 Å². The molecule has 0 radical (unpaired) electrons. The molecular formula is C24H32N4O6. The van der Waals surface area contributed by atoms with Crippen molar-refractivity contribution in [3.63, 3.8) is 0 Å². The van der Waals surface area contributed by atoms with Crippen molar-refractivity contribution in [2.24, 2.45) is 11.8 Å². The Morgan fingerprint density at radius 2 is 1.68 bits per heavy atom. The summed E-state index contributed by atoms with van der Waals surface area (Å²) in [6, 6.07) is 4.66. The van der Waals surface area contributed by atoms with E-state index in [2.05, 4.69) is 9.80 Å². The molecule has 10 heteroatoms. The van der Waals surface area contributed by atoms with Crippen LogP contribution in [-0.2, 0) is 9.59 Å². The number of piperazine rings is 1. The van der Waals surface area contributed by atoms with Gasteiger partial charge in [0.05, 0.1) is 47.3 Å². The van der Waals surface area contributed by atoms with Gasteiger partial charge in [0.2, 0.25) is 11.8 Å². The Hall–Kier alpha value is -2.98. The first-order chi connectivity index (χ1) is 16.2. The molecule has 0 spiro atoms. The Balaban J connectivity index is 1.32. The number of aliphatic hydroxyl groups is 1. The molecule has 4 rings (SSSR count). The van der Waals surface area contributed by atoms with Gasteiger partial charge in [-0.25, -0.2) is 0 Å². The Morgan fingerprint density at radius 1 is 1.06 bits per heavy atom. The Bertz CT molecular complexity index is 946. The molecule has 0 saturated carbocycles. The third kappa shape index (κ3) is 5.07. The summed E-state index contributed by atoms with van der Waals surface area (Å²) in [5.74, 6) is -0.410. The first-order valence-electron chi connectivity index (χ1n) is 11.8. The van der Waals surface area contributed by atoms with Gasteiger partial charge in [-0.1, -0.05) is 12.2 Å². The van der Waals surface area contributed by atoms with Crippen molar-refractivity contribution in [3.05, 3.63) is 40.5 Å². The number of fused-ring (bicyclic) bond motifs is 1. The number of aliphatic hydroxyl groups excluding tert-OH is 1. The fraction of sp³-hybridized carbons (Fsp3) is 0.583. The fourth-order valence-electron chi connectivity index (χ4n) is 5.01. The number of nitrogens with zero attached hydrogens (tertiary/aromatic N) is 4. The molecule has 3 atom stereocenters. The Kier molecular flexibility index (Phi) is 7.18. The van der Waals surface area contributed by atoms with Crippen LogP contribution < -0.4 is 9.64 Å². The minimum absolute atomic E-state index is 0.0113. The molecule has 1 aliphatic carbocycles. The molecule has 2 aliphatic heterocycles. The Labute approximate surface area is 198 Å². The second-order valence-corrected chi connectivity index (χ2v) is 9.46. The molecule has 1 aromatic rings. The number of nitro groups is 1. The van der Waals surface area contributed by atoms with Crippen molar-refractivity contribution >= 4 is 23.2 Å². The van der Waals surface area contributed by atoms with Gasteiger partial charge < -0.3 is 14.7 Å². The van der Waals surface area contributed by atoms with Crippen LogP contribution in [0.25, 0.3) is 0 Å². The predicted molar refractivity (Wildman–Crippen MR) is 126 cm³/mol. The van der Waals surface area contributed by atoms with Crippen LogP contribution in [0, 0.1) is 22.0 Å². The SMILES string of the molecule is CC(C)Oc1cc([N+](=O)[O-])ccc1N1CCN(CC(O)CN2C(=O)C3CC=CCC3C2=O)CC1. The van der Waals surface area contributed by atoms with Crippen molar-refractivity contribution in [3.8, 4) is 5.75 Å². The van der Waals surface area contributed by atoms with E-state index in [0.717, 1.165) is 5.69 Å². The van der Waals surface area contributed by atoms with Gasteiger partial charge in [-0.05, 0) is 32.8 Å². The molecule has 1 aromatic carbocycles. The molecule has 184 valence electrons. The van der Waals surface area contributed by atoms with Crippen LogP contribution in [0.4, 0.5) is 11.4 Å². The zero-order chi connectivity index (χ0) is 24.4. The Morgan fingerprint density at radius 3 is 2.24 bits per heavy atom. The molecule has 2 saturated heterocycles. The second-order valence-electron chi connectivity index (χ2n) is 9.46. The number of benzene rings is 1. The number of nitro benzene ring substituents is 1. The lowest BCUT2D eigenvalue weighted by Gasteiger charge is -2.37. The summed E-state index contributed by atoms with van der Waals surface area (Å²) in [6.07, 6.45) is 4.16. The molecule has 10 nitrogen and oxygen atoms in total. The zero-order valence-electron chi connectivity index (χ0n) is 19.6. The first-order valence-corrected chi connectivity index (χ1v) is 11.8. The summed E-state index contributed by atoms with van der Waals surface area (Å²) < 4.78 is 5.84. The van der Waals surface area contributed by atoms with E-state index in [1.165, 1.54) is 17.0 Å². The molecule has 2 fully saturated rings. The third-order valence-corrected chi connectivity index (χ3v) is 6.69. The minimum Gasteiger partial charge on any atom is -0.489 e. The van der Waals surface area contributed by atoms with Gasteiger partial charge in [0.25, 0.3) is 5.69 Å². The molecule has 3 unspecified atom stereocenters. The van der Waals surface area contributed by atoms with Gasteiger partial charge >= 0.3 is 0 Å². The topological polar surface area (TPSA) is 116 Å². The zero-order valence-corrected chi connectivity index (χ0v) is 19.6. The van der Waals surface area contributed by atoms with E-state index >= 15 is 0 Å². The fourth-order valence-corrected chi connectivity index (χ4v) is 5.01. The maximum Gasteiger partial charge on any atom is 0.273 e. The summed E-state index contributed by atoms with van der Waals surface area (Å²) in [7, 11) is 0. The lowest BCUT2D eigenvalue weighted by molar-refractivity contribution is -0.384. The van der Waals surface area contributed by atoms with Crippen LogP contribution >= 0.6 is 0 Å². The molecule has 34 heavy (non-hydrogen) atoms. The number of carbonyl (C=O) groups excluding carboxylic acids is 2. The highest BCUT2D eigenvalue weighted by Gasteiger charge is 2.47. The number of β-amino-alcohol motifs (C(OH)–C–C–N with tert-alkyl or cyclic N) is 1. The van der Waals surface area contributed by atoms with Crippen molar-refractivity contribution in [1.29, 1.82) is 0 Å². The van der Waals surface area contributed by atoms with Crippen LogP contribution in [0.15, 0.2) is 30.4 Å². The van der Waals surface area contributed by atoms with Gasteiger partial charge in [-0.15, -0.1) is 0 Å². The third-order valence-electron chi connectivity index (χ3n) is 6.69. The number of imide groups is 1. The van der Waals surface area contributed by atoms with E-state index < -0.39 is 11.0 Å². The largest absolute Gasteiger partial charge is 0.489 e. The number of likely N-dealkylation sites (tertiary alicyclic amines) is 1. The molecule has 2 amide bonds. The van der Waals surface area contributed by atoms with E-state index in [1.807, 2.05) is 26.0 Å². The molecular weight excluding hydrogens is 440 g/mol. The number of hydrogen-bond donors (Lipinski definition) is 1. The lowest BCUT2D eigenvalue weighted by atomic mass is 9.85. The van der Waals surface area contributed by atoms with Gasteiger partial charge in [-0.2, -0.15) is 0 Å². The van der Waals surface area contributed by atoms with E-state index in [1.54, 1.807) is 6.07 Å². The maximum absolute atomic E-state index is 12.6. The maximum atomic E-state index is 12.6. The highest BCUT2D eigenvalue weighted by Crippen LogP contribution is 2.36. The second kappa shape index (κ2) is 10.1. The smallest absolute Gasteiger partial charge is 0.273 e. The summed E-state index contributed by atoms with van der Waals surface area (Å²) in [6.45, 7) is 6.82. The highest BCUT2D eigenvalue weighted by molar-refractivity contribution is 6.05. The average molecular weight is 473 g/mol. The van der Waals surface area contributed by atoms with Crippen LogP contribution in [0.3, 0.4) is 0 Å². The monoisotopic (exact) mass is 472 g/mol. The summed E-state index contributed by atoms with van der Waals surface area (Å²) in [5, 5.41) is 21.8. The quantitative estimate of drug-likeness (QED) is 0.264. The first kappa shape index (κ1) is 24.2. The minimum atomic E-state index is -0.813. The van der Waals surface area contributed by atoms with Gasteiger partial charge in [0.1, 0.15) is 5.75 Å². The average Bonchev–Trinajstić information content (AvgIpc) is 3.04. The van der Waals surface area contributed by atoms with Crippen LogP contribution in [0.1, 0.15) is 26.7 Å². The van der Waals surface area contributed by atoms with E-state index in [-0.39, 0.29) is 42.0 Å². The normalized spacial score (nSPS) is 24.0. The number of amides is 2. The molecule has 0 bridgehead atoms. The summed E-state index contributed by atoms with van der Waals surface area (Å²) in [4.78, 5) is 41.5. The van der Waals surface area contributed by atoms with Crippen molar-refractivity contribution in [2.75, 3.05) is 44.2 Å². The molecule has 3 aliphatic rings. The molecule has 0 aromatic heterocycles. The van der Waals surface area contributed by atoms with E-state index in [0.29, 0.717) is 51.3 Å².